The number of amides is 1. The molecule has 2 aliphatic rings. The summed E-state index contributed by atoms with van der Waals surface area (Å²) in [5.41, 5.74) is -0.0982. The first-order chi connectivity index (χ1) is 11.1. The lowest BCUT2D eigenvalue weighted by Crippen LogP contribution is -2.43. The van der Waals surface area contributed by atoms with Gasteiger partial charge in [-0.25, -0.2) is 0 Å². The van der Waals surface area contributed by atoms with Crippen LogP contribution in [0.4, 0.5) is 5.69 Å². The Kier molecular flexibility index (Phi) is 6.43. The van der Waals surface area contributed by atoms with E-state index in [-0.39, 0.29) is 34.6 Å². The molecule has 0 spiro atoms. The third-order valence-electron chi connectivity index (χ3n) is 4.88. The molecule has 1 aromatic rings. The number of nitro groups is 1. The number of carbonyl (C=O) groups is 1. The van der Waals surface area contributed by atoms with E-state index in [1.54, 1.807) is 4.90 Å². The Morgan fingerprint density at radius 2 is 2.00 bits per heavy atom. The highest BCUT2D eigenvalue weighted by atomic mass is 35.5. The van der Waals surface area contributed by atoms with Gasteiger partial charge in [-0.2, -0.15) is 0 Å². The molecular weight excluding hydrogens is 353 g/mol. The second kappa shape index (κ2) is 8.14. The van der Waals surface area contributed by atoms with Crippen molar-refractivity contribution in [2.45, 2.75) is 31.7 Å². The molecule has 0 aliphatic carbocycles. The van der Waals surface area contributed by atoms with E-state index in [9.17, 15) is 14.9 Å². The van der Waals surface area contributed by atoms with Crippen molar-refractivity contribution in [1.82, 2.24) is 10.2 Å². The Morgan fingerprint density at radius 1 is 1.29 bits per heavy atom. The third-order valence-corrected chi connectivity index (χ3v) is 5.12. The summed E-state index contributed by atoms with van der Waals surface area (Å²) in [6, 6.07) is 4.78. The second-order valence-electron chi connectivity index (χ2n) is 6.25. The van der Waals surface area contributed by atoms with Gasteiger partial charge in [0.2, 0.25) is 0 Å². The lowest BCUT2D eigenvalue weighted by Gasteiger charge is -2.34. The van der Waals surface area contributed by atoms with Crippen LogP contribution in [0.2, 0.25) is 5.02 Å². The summed E-state index contributed by atoms with van der Waals surface area (Å²) in [4.78, 5) is 25.0. The Labute approximate surface area is 152 Å². The van der Waals surface area contributed by atoms with Crippen LogP contribution in [0.5, 0.6) is 0 Å². The molecule has 0 radical (unpaired) electrons. The first kappa shape index (κ1) is 19.0. The summed E-state index contributed by atoms with van der Waals surface area (Å²) >= 11 is 5.81. The van der Waals surface area contributed by atoms with E-state index in [2.05, 4.69) is 5.32 Å². The number of hydrogen-bond donors (Lipinski definition) is 1. The maximum atomic E-state index is 12.6. The van der Waals surface area contributed by atoms with Gasteiger partial charge in [-0.05, 0) is 50.3 Å². The molecule has 8 heteroatoms. The summed E-state index contributed by atoms with van der Waals surface area (Å²) in [6.07, 6.45) is 4.33. The predicted molar refractivity (Wildman–Crippen MR) is 95.0 cm³/mol. The van der Waals surface area contributed by atoms with Gasteiger partial charge < -0.3 is 10.2 Å². The average molecular weight is 374 g/mol. The Hall–Kier alpha value is -1.37. The van der Waals surface area contributed by atoms with Crippen molar-refractivity contribution in [3.05, 3.63) is 38.9 Å². The Bertz CT molecular complexity index is 613. The minimum absolute atomic E-state index is 0. The second-order valence-corrected chi connectivity index (χ2v) is 6.69. The summed E-state index contributed by atoms with van der Waals surface area (Å²) in [6.45, 7) is 2.39. The molecule has 1 aromatic carbocycles. The van der Waals surface area contributed by atoms with Crippen LogP contribution in [0.1, 0.15) is 36.0 Å². The van der Waals surface area contributed by atoms with Crippen LogP contribution in [0.25, 0.3) is 0 Å². The summed E-state index contributed by atoms with van der Waals surface area (Å²) in [5.74, 6) is 0.327. The zero-order chi connectivity index (χ0) is 16.4. The number of rotatable bonds is 3. The highest BCUT2D eigenvalue weighted by Crippen LogP contribution is 2.29. The lowest BCUT2D eigenvalue weighted by molar-refractivity contribution is -0.385. The molecular formula is C16H21Cl2N3O3. The maximum absolute atomic E-state index is 12.6. The molecule has 0 aromatic heterocycles. The molecule has 1 unspecified atom stereocenters. The molecule has 2 heterocycles. The maximum Gasteiger partial charge on any atom is 0.283 e. The van der Waals surface area contributed by atoms with Gasteiger partial charge in [-0.1, -0.05) is 11.6 Å². The number of hydrogen-bond acceptors (Lipinski definition) is 4. The van der Waals surface area contributed by atoms with Crippen molar-refractivity contribution in [2.75, 3.05) is 19.6 Å². The van der Waals surface area contributed by atoms with Crippen LogP contribution < -0.4 is 5.32 Å². The van der Waals surface area contributed by atoms with E-state index >= 15 is 0 Å². The van der Waals surface area contributed by atoms with E-state index in [1.165, 1.54) is 31.0 Å². The van der Waals surface area contributed by atoms with Crippen LogP contribution in [0.15, 0.2) is 18.2 Å². The third kappa shape index (κ3) is 3.99. The van der Waals surface area contributed by atoms with Crippen LogP contribution in [-0.2, 0) is 0 Å². The molecule has 2 aliphatic heterocycles. The molecule has 6 nitrogen and oxygen atoms in total. The smallest absolute Gasteiger partial charge is 0.283 e. The van der Waals surface area contributed by atoms with E-state index < -0.39 is 4.92 Å². The monoisotopic (exact) mass is 373 g/mol. The average Bonchev–Trinajstić information content (AvgIpc) is 3.09. The van der Waals surface area contributed by atoms with E-state index in [4.69, 9.17) is 11.6 Å². The van der Waals surface area contributed by atoms with Crippen molar-refractivity contribution in [1.29, 1.82) is 0 Å². The first-order valence-corrected chi connectivity index (χ1v) is 8.40. The number of nitrogens with zero attached hydrogens (tertiary/aromatic N) is 2. The number of carbonyl (C=O) groups excluding carboxylic acids is 1. The van der Waals surface area contributed by atoms with Crippen molar-refractivity contribution >= 4 is 35.6 Å². The van der Waals surface area contributed by atoms with E-state index in [0.717, 1.165) is 19.4 Å². The fourth-order valence-electron chi connectivity index (χ4n) is 3.63. The van der Waals surface area contributed by atoms with Crippen molar-refractivity contribution in [3.8, 4) is 0 Å². The number of piperidine rings is 1. The molecule has 1 amide bonds. The zero-order valence-electron chi connectivity index (χ0n) is 13.2. The minimum atomic E-state index is -0.547. The van der Waals surface area contributed by atoms with Gasteiger partial charge in [0.05, 0.1) is 4.92 Å². The van der Waals surface area contributed by atoms with Crippen molar-refractivity contribution < 1.29 is 9.72 Å². The summed E-state index contributed by atoms with van der Waals surface area (Å²) in [7, 11) is 0. The van der Waals surface area contributed by atoms with Crippen LogP contribution in [-0.4, -0.2) is 41.4 Å². The number of nitrogens with one attached hydrogen (secondary N) is 1. The molecule has 2 saturated heterocycles. The fraction of sp³-hybridized carbons (Fsp3) is 0.562. The number of halogens is 2. The van der Waals surface area contributed by atoms with Gasteiger partial charge in [-0.15, -0.1) is 12.4 Å². The lowest BCUT2D eigenvalue weighted by atomic mass is 9.88. The van der Waals surface area contributed by atoms with Gasteiger partial charge >= 0.3 is 0 Å². The molecule has 24 heavy (non-hydrogen) atoms. The minimum Gasteiger partial charge on any atom is -0.338 e. The number of likely N-dealkylation sites (tertiary alicyclic amines) is 1. The van der Waals surface area contributed by atoms with Gasteiger partial charge in [0.1, 0.15) is 5.56 Å². The SMILES string of the molecule is Cl.O=C(c1ccc(Cl)cc1[N+](=O)[O-])N1CCC(C2CCCN2)CC1. The van der Waals surface area contributed by atoms with Crippen LogP contribution in [0.3, 0.4) is 0 Å². The topological polar surface area (TPSA) is 75.5 Å². The normalized spacial score (nSPS) is 21.4. The molecule has 1 N–H and O–H groups in total. The Balaban J connectivity index is 0.00000208. The Morgan fingerprint density at radius 3 is 2.58 bits per heavy atom. The molecule has 3 rings (SSSR count). The first-order valence-electron chi connectivity index (χ1n) is 8.03. The highest BCUT2D eigenvalue weighted by molar-refractivity contribution is 6.31. The molecule has 1 atom stereocenters. The molecule has 0 saturated carbocycles. The van der Waals surface area contributed by atoms with Crippen molar-refractivity contribution in [2.24, 2.45) is 5.92 Å². The van der Waals surface area contributed by atoms with Gasteiger partial charge in [0.25, 0.3) is 11.6 Å². The van der Waals surface area contributed by atoms with Gasteiger partial charge in [-0.3, -0.25) is 14.9 Å². The van der Waals surface area contributed by atoms with E-state index in [0.29, 0.717) is 25.0 Å². The standard InChI is InChI=1S/C16H20ClN3O3.ClH/c17-12-3-4-13(15(10-12)20(22)23)16(21)19-8-5-11(6-9-19)14-2-1-7-18-14;/h3-4,10-11,14,18H,1-2,5-9H2;1H. The fourth-order valence-corrected chi connectivity index (χ4v) is 3.79. The zero-order valence-corrected chi connectivity index (χ0v) is 14.8. The molecule has 0 bridgehead atoms. The van der Waals surface area contributed by atoms with Crippen LogP contribution >= 0.6 is 24.0 Å². The van der Waals surface area contributed by atoms with Crippen molar-refractivity contribution in [3.63, 3.8) is 0 Å². The van der Waals surface area contributed by atoms with E-state index in [1.807, 2.05) is 0 Å². The molecule has 132 valence electrons. The quantitative estimate of drug-likeness (QED) is 0.651. The number of nitro benzene ring substituents is 1. The summed E-state index contributed by atoms with van der Waals surface area (Å²) < 4.78 is 0. The van der Waals surface area contributed by atoms with Crippen LogP contribution in [0, 0.1) is 16.0 Å². The largest absolute Gasteiger partial charge is 0.338 e. The predicted octanol–water partition coefficient (Wildman–Crippen LogP) is 3.27. The molecule has 2 fully saturated rings. The summed E-state index contributed by atoms with van der Waals surface area (Å²) in [5, 5.41) is 14.9. The number of benzene rings is 1. The van der Waals surface area contributed by atoms with Gasteiger partial charge in [0.15, 0.2) is 0 Å². The van der Waals surface area contributed by atoms with Gasteiger partial charge in [0, 0.05) is 30.2 Å². The highest BCUT2D eigenvalue weighted by Gasteiger charge is 2.32.